The number of nitrogens with zero attached hydrogens (tertiary/aromatic N) is 7. The SMILES string of the molecule is COc1nc(Nc2cc(-c3ccc(OC4CCN(C(=O)[C@H](C)O)CC4(F)F)c(C#N)c3)ncn2)ccc1N1CCN(C)C[C@H]1C.Cl. The maximum absolute atomic E-state index is 14.9. The number of piperazine rings is 1. The van der Waals surface area contributed by atoms with Crippen molar-refractivity contribution in [3.8, 4) is 29.0 Å². The third-order valence-corrected chi connectivity index (χ3v) is 7.96. The van der Waals surface area contributed by atoms with E-state index < -0.39 is 30.6 Å². The summed E-state index contributed by atoms with van der Waals surface area (Å²) in [5, 5.41) is 22.5. The van der Waals surface area contributed by atoms with Crippen molar-refractivity contribution in [2.45, 2.75) is 44.4 Å². The first-order chi connectivity index (χ1) is 21.5. The van der Waals surface area contributed by atoms with E-state index in [1.165, 1.54) is 25.4 Å². The number of likely N-dealkylation sites (N-methyl/N-ethyl adjacent to an activating group) is 1. The second-order valence-corrected chi connectivity index (χ2v) is 11.4. The number of likely N-dealkylation sites (tertiary alicyclic amines) is 1. The van der Waals surface area contributed by atoms with Gasteiger partial charge in [-0.3, -0.25) is 4.79 Å². The van der Waals surface area contributed by atoms with Gasteiger partial charge in [-0.25, -0.2) is 18.7 Å². The van der Waals surface area contributed by atoms with Crippen LogP contribution < -0.4 is 19.7 Å². The molecule has 2 fully saturated rings. The van der Waals surface area contributed by atoms with Crippen LogP contribution in [0.1, 0.15) is 25.8 Å². The van der Waals surface area contributed by atoms with Gasteiger partial charge in [0.2, 0.25) is 5.88 Å². The number of hydrogen-bond donors (Lipinski definition) is 2. The number of ether oxygens (including phenoxy) is 2. The highest BCUT2D eigenvalue weighted by Gasteiger charge is 2.48. The van der Waals surface area contributed by atoms with E-state index in [-0.39, 0.29) is 36.7 Å². The van der Waals surface area contributed by atoms with Gasteiger partial charge in [-0.1, -0.05) is 0 Å². The quantitative estimate of drug-likeness (QED) is 0.366. The number of nitriles is 1. The summed E-state index contributed by atoms with van der Waals surface area (Å²) in [7, 11) is 3.69. The minimum atomic E-state index is -3.38. The number of pyridine rings is 1. The first-order valence-corrected chi connectivity index (χ1v) is 14.6. The molecule has 1 amide bonds. The summed E-state index contributed by atoms with van der Waals surface area (Å²) in [5.74, 6) is -2.68. The van der Waals surface area contributed by atoms with E-state index in [9.17, 15) is 23.9 Å². The van der Waals surface area contributed by atoms with Crippen LogP contribution in [0.15, 0.2) is 42.7 Å². The van der Waals surface area contributed by atoms with Gasteiger partial charge in [-0.15, -0.1) is 12.4 Å². The van der Waals surface area contributed by atoms with E-state index in [1.807, 2.05) is 18.2 Å². The number of aliphatic hydroxyl groups is 1. The zero-order valence-electron chi connectivity index (χ0n) is 26.0. The number of methoxy groups -OCH3 is 1. The van der Waals surface area contributed by atoms with Gasteiger partial charge >= 0.3 is 5.92 Å². The smallest absolute Gasteiger partial charge is 0.301 e. The van der Waals surface area contributed by atoms with Gasteiger partial charge in [-0.2, -0.15) is 10.2 Å². The molecule has 15 heteroatoms. The summed E-state index contributed by atoms with van der Waals surface area (Å²) in [6.07, 6.45) is -1.70. The number of carbonyl (C=O) groups excluding carboxylic acids is 1. The van der Waals surface area contributed by atoms with Crippen molar-refractivity contribution in [2.75, 3.05) is 57.1 Å². The molecule has 3 aromatic rings. The average molecular weight is 659 g/mol. The minimum Gasteiger partial charge on any atom is -0.483 e. The van der Waals surface area contributed by atoms with Gasteiger partial charge in [-0.05, 0) is 51.2 Å². The molecular formula is C31H37ClF2N8O4. The number of aromatic nitrogens is 3. The first kappa shape index (κ1) is 34.6. The fourth-order valence-corrected chi connectivity index (χ4v) is 5.63. The Bertz CT molecular complexity index is 1590. The molecule has 3 atom stereocenters. The third kappa shape index (κ3) is 7.55. The molecule has 246 valence electrons. The Balaban J connectivity index is 0.00000480. The molecule has 2 aliphatic rings. The van der Waals surface area contributed by atoms with Crippen LogP contribution in [-0.2, 0) is 4.79 Å². The second kappa shape index (κ2) is 14.4. The molecule has 2 saturated heterocycles. The van der Waals surface area contributed by atoms with E-state index in [0.717, 1.165) is 30.2 Å². The highest BCUT2D eigenvalue weighted by atomic mass is 35.5. The average Bonchev–Trinajstić information content (AvgIpc) is 3.02. The summed E-state index contributed by atoms with van der Waals surface area (Å²) in [5.41, 5.74) is 2.01. The van der Waals surface area contributed by atoms with Gasteiger partial charge in [0.05, 0.1) is 24.9 Å². The molecule has 0 bridgehead atoms. The number of hydrogen-bond acceptors (Lipinski definition) is 11. The van der Waals surface area contributed by atoms with Crippen LogP contribution in [-0.4, -0.2) is 107 Å². The Kier molecular flexibility index (Phi) is 10.8. The van der Waals surface area contributed by atoms with Crippen LogP contribution in [0.5, 0.6) is 11.6 Å². The maximum Gasteiger partial charge on any atom is 0.301 e. The lowest BCUT2D eigenvalue weighted by atomic mass is 10.0. The standard InChI is InChI=1S/C31H36F2N8O4.ClH/c1-19-16-39(3)11-12-41(19)24-6-8-27(38-29(24)44-4)37-28-14-23(35-18-36-28)21-5-7-25(22(13-21)15-34)45-26-9-10-40(17-31(26,32)33)30(43)20(2)42;/h5-8,13-14,18-20,26,42H,9-12,16-17H2,1-4H3,(H,35,36,37,38);1H/t19-,20+,26?;/m1./s1. The molecule has 2 aromatic heterocycles. The number of amides is 1. The number of anilines is 3. The molecule has 4 heterocycles. The van der Waals surface area contributed by atoms with Crippen molar-refractivity contribution in [2.24, 2.45) is 0 Å². The third-order valence-electron chi connectivity index (χ3n) is 7.96. The number of halogens is 3. The Morgan fingerprint density at radius 3 is 2.63 bits per heavy atom. The number of rotatable bonds is 8. The van der Waals surface area contributed by atoms with Gasteiger partial charge in [0.15, 0.2) is 6.10 Å². The molecular weight excluding hydrogens is 622 g/mol. The van der Waals surface area contributed by atoms with Crippen LogP contribution in [0.3, 0.4) is 0 Å². The van der Waals surface area contributed by atoms with Gasteiger partial charge in [0, 0.05) is 50.3 Å². The van der Waals surface area contributed by atoms with Crippen LogP contribution in [0.25, 0.3) is 11.3 Å². The molecule has 2 N–H and O–H groups in total. The number of alkyl halides is 2. The van der Waals surface area contributed by atoms with Gasteiger partial charge in [0.1, 0.15) is 41.6 Å². The predicted molar refractivity (Wildman–Crippen MR) is 170 cm³/mol. The lowest BCUT2D eigenvalue weighted by Gasteiger charge is -2.40. The fourth-order valence-electron chi connectivity index (χ4n) is 5.63. The zero-order chi connectivity index (χ0) is 32.3. The monoisotopic (exact) mass is 658 g/mol. The van der Waals surface area contributed by atoms with Crippen molar-refractivity contribution in [3.63, 3.8) is 0 Å². The molecule has 1 aromatic carbocycles. The number of carbonyl (C=O) groups is 1. The number of nitrogens with one attached hydrogen (secondary N) is 1. The van der Waals surface area contributed by atoms with Crippen molar-refractivity contribution in [1.82, 2.24) is 24.8 Å². The van der Waals surface area contributed by atoms with E-state index in [1.54, 1.807) is 19.2 Å². The number of aliphatic hydroxyl groups excluding tert-OH is 1. The second-order valence-electron chi connectivity index (χ2n) is 11.4. The van der Waals surface area contributed by atoms with Gasteiger partial charge in [0.25, 0.3) is 5.91 Å². The molecule has 2 aliphatic heterocycles. The largest absolute Gasteiger partial charge is 0.483 e. The predicted octanol–water partition coefficient (Wildman–Crippen LogP) is 3.72. The molecule has 1 unspecified atom stereocenters. The van der Waals surface area contributed by atoms with E-state index >= 15 is 0 Å². The van der Waals surface area contributed by atoms with Crippen molar-refractivity contribution in [3.05, 3.63) is 48.3 Å². The molecule has 0 radical (unpaired) electrons. The molecule has 12 nitrogen and oxygen atoms in total. The van der Waals surface area contributed by atoms with E-state index in [2.05, 4.69) is 44.0 Å². The lowest BCUT2D eigenvalue weighted by Crippen LogP contribution is -2.56. The van der Waals surface area contributed by atoms with Crippen LogP contribution in [0, 0.1) is 11.3 Å². The zero-order valence-corrected chi connectivity index (χ0v) is 26.8. The van der Waals surface area contributed by atoms with Crippen LogP contribution >= 0.6 is 12.4 Å². The maximum atomic E-state index is 14.9. The summed E-state index contributed by atoms with van der Waals surface area (Å²) < 4.78 is 41.0. The highest BCUT2D eigenvalue weighted by Crippen LogP contribution is 2.35. The van der Waals surface area contributed by atoms with Crippen LogP contribution in [0.2, 0.25) is 0 Å². The summed E-state index contributed by atoms with van der Waals surface area (Å²) >= 11 is 0. The summed E-state index contributed by atoms with van der Waals surface area (Å²) in [4.78, 5) is 30.8. The van der Waals surface area contributed by atoms with E-state index in [4.69, 9.17) is 9.47 Å². The Morgan fingerprint density at radius 2 is 1.96 bits per heavy atom. The number of piperidine rings is 1. The van der Waals surface area contributed by atoms with E-state index in [0.29, 0.717) is 34.8 Å². The molecule has 0 aliphatic carbocycles. The molecule has 0 spiro atoms. The first-order valence-electron chi connectivity index (χ1n) is 14.6. The molecule has 5 rings (SSSR count). The minimum absolute atomic E-state index is 0. The Labute approximate surface area is 272 Å². The molecule has 46 heavy (non-hydrogen) atoms. The molecule has 0 saturated carbocycles. The van der Waals surface area contributed by atoms with Gasteiger partial charge < -0.3 is 34.6 Å². The fraction of sp³-hybridized carbons (Fsp3) is 0.452. The Morgan fingerprint density at radius 1 is 1.17 bits per heavy atom. The van der Waals surface area contributed by atoms with Crippen molar-refractivity contribution in [1.29, 1.82) is 5.26 Å². The van der Waals surface area contributed by atoms with Crippen molar-refractivity contribution < 1.29 is 28.2 Å². The topological polar surface area (TPSA) is 140 Å². The lowest BCUT2D eigenvalue weighted by molar-refractivity contribution is -0.165. The Hall–Kier alpha value is -4.32. The normalized spacial score (nSPS) is 20.2. The number of benzene rings is 1. The summed E-state index contributed by atoms with van der Waals surface area (Å²) in [6, 6.07) is 12.4. The summed E-state index contributed by atoms with van der Waals surface area (Å²) in [6.45, 7) is 5.26. The van der Waals surface area contributed by atoms with Crippen LogP contribution in [0.4, 0.5) is 26.1 Å². The van der Waals surface area contributed by atoms with Crippen molar-refractivity contribution >= 4 is 35.6 Å². The highest BCUT2D eigenvalue weighted by molar-refractivity contribution is 5.85.